The number of nitrogens with one attached hydrogen (secondary N) is 1. The average Bonchev–Trinajstić information content (AvgIpc) is 2.50. The summed E-state index contributed by atoms with van der Waals surface area (Å²) >= 11 is 0. The highest BCUT2D eigenvalue weighted by Crippen LogP contribution is 2.20. The molecule has 110 valence electrons. The summed E-state index contributed by atoms with van der Waals surface area (Å²) in [5.41, 5.74) is 3.38. The van der Waals surface area contributed by atoms with Crippen molar-refractivity contribution >= 4 is 22.4 Å². The first-order chi connectivity index (χ1) is 10.1. The minimum absolute atomic E-state index is 0.0484. The summed E-state index contributed by atoms with van der Waals surface area (Å²) in [4.78, 5) is 11.7. The molecule has 4 nitrogen and oxygen atoms in total. The number of hydrogen-bond donors (Lipinski definition) is 1. The molecule has 4 heteroatoms. The summed E-state index contributed by atoms with van der Waals surface area (Å²) in [6, 6.07) is 13.8. The van der Waals surface area contributed by atoms with Gasteiger partial charge >= 0.3 is 0 Å². The minimum atomic E-state index is -0.261. The van der Waals surface area contributed by atoms with Crippen molar-refractivity contribution in [3.05, 3.63) is 42.5 Å². The highest BCUT2D eigenvalue weighted by Gasteiger charge is 2.04. The number of amides is 1. The number of carbonyl (C=O) groups excluding carboxylic acids is 1. The molecule has 0 radical (unpaired) electrons. The molecule has 0 fully saturated rings. The molecule has 2 aromatic carbocycles. The normalized spacial score (nSPS) is 11.7. The predicted molar refractivity (Wildman–Crippen MR) is 85.5 cm³/mol. The zero-order chi connectivity index (χ0) is 15.2. The van der Waals surface area contributed by atoms with Crippen LogP contribution in [0.25, 0.3) is 10.8 Å². The molecule has 0 aliphatic heterocycles. The fourth-order valence-electron chi connectivity index (χ4n) is 1.72. The van der Waals surface area contributed by atoms with Gasteiger partial charge in [-0.15, -0.1) is 0 Å². The van der Waals surface area contributed by atoms with Crippen LogP contribution in [0.4, 0.5) is 0 Å². The van der Waals surface area contributed by atoms with Crippen LogP contribution in [0.2, 0.25) is 0 Å². The summed E-state index contributed by atoms with van der Waals surface area (Å²) in [6.45, 7) is 5.88. The lowest BCUT2D eigenvalue weighted by Gasteiger charge is -2.07. The van der Waals surface area contributed by atoms with Crippen LogP contribution >= 0.6 is 0 Å². The fraction of sp³-hybridized carbons (Fsp3) is 0.294. The maximum atomic E-state index is 11.7. The standard InChI is InChI=1S/C17H20N2O2/c1-12(2)13(3)18-19-17(20)11-21-16-9-8-14-6-4-5-7-15(14)10-16/h4-10,12H,11H2,1-3H3,(H,19,20)/b18-13+. The molecule has 0 aromatic heterocycles. The number of nitrogens with zero attached hydrogens (tertiary/aromatic N) is 1. The van der Waals surface area contributed by atoms with Crippen LogP contribution in [0.15, 0.2) is 47.6 Å². The average molecular weight is 284 g/mol. The number of hydrogen-bond acceptors (Lipinski definition) is 3. The summed E-state index contributed by atoms with van der Waals surface area (Å²) in [7, 11) is 0. The molecule has 0 atom stereocenters. The molecular weight excluding hydrogens is 264 g/mol. The van der Waals surface area contributed by atoms with Gasteiger partial charge in [0.15, 0.2) is 6.61 Å². The third kappa shape index (κ3) is 4.31. The van der Waals surface area contributed by atoms with Crippen LogP contribution in [0.5, 0.6) is 5.75 Å². The summed E-state index contributed by atoms with van der Waals surface area (Å²) in [5.74, 6) is 0.725. The SMILES string of the molecule is C/C(=N\NC(=O)COc1ccc2ccccc2c1)C(C)C. The van der Waals surface area contributed by atoms with Crippen molar-refractivity contribution in [3.63, 3.8) is 0 Å². The lowest BCUT2D eigenvalue weighted by Crippen LogP contribution is -2.26. The Morgan fingerprint density at radius 2 is 1.90 bits per heavy atom. The molecule has 2 rings (SSSR count). The summed E-state index contributed by atoms with van der Waals surface area (Å²) in [5, 5.41) is 6.25. The van der Waals surface area contributed by atoms with Crippen LogP contribution in [-0.4, -0.2) is 18.2 Å². The first kappa shape index (κ1) is 15.0. The van der Waals surface area contributed by atoms with Crippen LogP contribution in [0, 0.1) is 5.92 Å². The van der Waals surface area contributed by atoms with E-state index in [2.05, 4.69) is 10.5 Å². The van der Waals surface area contributed by atoms with Crippen LogP contribution in [0.3, 0.4) is 0 Å². The van der Waals surface area contributed by atoms with Crippen molar-refractivity contribution in [3.8, 4) is 5.75 Å². The molecule has 0 bridgehead atoms. The molecule has 21 heavy (non-hydrogen) atoms. The van der Waals surface area contributed by atoms with E-state index in [1.54, 1.807) is 0 Å². The first-order valence-corrected chi connectivity index (χ1v) is 7.01. The van der Waals surface area contributed by atoms with Gasteiger partial charge in [-0.3, -0.25) is 4.79 Å². The van der Waals surface area contributed by atoms with Gasteiger partial charge in [0.1, 0.15) is 5.75 Å². The molecule has 1 N–H and O–H groups in total. The fourth-order valence-corrected chi connectivity index (χ4v) is 1.72. The summed E-state index contributed by atoms with van der Waals surface area (Å²) < 4.78 is 5.49. The number of rotatable bonds is 5. The van der Waals surface area contributed by atoms with E-state index in [9.17, 15) is 4.79 Å². The lowest BCUT2D eigenvalue weighted by molar-refractivity contribution is -0.123. The maximum Gasteiger partial charge on any atom is 0.277 e. The maximum absolute atomic E-state index is 11.7. The van der Waals surface area contributed by atoms with Crippen molar-refractivity contribution in [1.82, 2.24) is 5.43 Å². The Morgan fingerprint density at radius 3 is 2.62 bits per heavy atom. The molecular formula is C17H20N2O2. The molecule has 2 aromatic rings. The van der Waals surface area contributed by atoms with Gasteiger partial charge in [-0.1, -0.05) is 44.2 Å². The molecule has 0 unspecified atom stereocenters. The molecule has 0 spiro atoms. The van der Waals surface area contributed by atoms with Crippen molar-refractivity contribution in [2.24, 2.45) is 11.0 Å². The third-order valence-corrected chi connectivity index (χ3v) is 3.28. The Labute approximate surface area is 124 Å². The number of carbonyl (C=O) groups is 1. The van der Waals surface area contributed by atoms with Gasteiger partial charge in [0, 0.05) is 5.71 Å². The van der Waals surface area contributed by atoms with Gasteiger partial charge in [0.25, 0.3) is 5.91 Å². The van der Waals surface area contributed by atoms with Gasteiger partial charge in [-0.05, 0) is 35.7 Å². The van der Waals surface area contributed by atoms with E-state index in [0.717, 1.165) is 16.5 Å². The number of ether oxygens (including phenoxy) is 1. The molecule has 0 heterocycles. The van der Waals surface area contributed by atoms with Crippen molar-refractivity contribution in [2.45, 2.75) is 20.8 Å². The third-order valence-electron chi connectivity index (χ3n) is 3.28. The van der Waals surface area contributed by atoms with Crippen molar-refractivity contribution < 1.29 is 9.53 Å². The molecule has 0 saturated carbocycles. The quantitative estimate of drug-likeness (QED) is 0.676. The second kappa shape index (κ2) is 6.88. The Kier molecular flexibility index (Phi) is 4.93. The predicted octanol–water partition coefficient (Wildman–Crippen LogP) is 3.37. The van der Waals surface area contributed by atoms with Crippen LogP contribution in [0.1, 0.15) is 20.8 Å². The van der Waals surface area contributed by atoms with Gasteiger partial charge in [0.05, 0.1) is 0 Å². The van der Waals surface area contributed by atoms with E-state index in [0.29, 0.717) is 11.7 Å². The zero-order valence-electron chi connectivity index (χ0n) is 12.6. The van der Waals surface area contributed by atoms with Gasteiger partial charge in [0.2, 0.25) is 0 Å². The Morgan fingerprint density at radius 1 is 1.19 bits per heavy atom. The van der Waals surface area contributed by atoms with Gasteiger partial charge in [-0.2, -0.15) is 5.10 Å². The van der Waals surface area contributed by atoms with E-state index >= 15 is 0 Å². The topological polar surface area (TPSA) is 50.7 Å². The van der Waals surface area contributed by atoms with E-state index in [4.69, 9.17) is 4.74 Å². The first-order valence-electron chi connectivity index (χ1n) is 7.01. The van der Waals surface area contributed by atoms with Crippen molar-refractivity contribution in [1.29, 1.82) is 0 Å². The van der Waals surface area contributed by atoms with E-state index in [1.807, 2.05) is 63.2 Å². The number of benzene rings is 2. The summed E-state index contributed by atoms with van der Waals surface area (Å²) in [6.07, 6.45) is 0. The number of fused-ring (bicyclic) bond motifs is 1. The van der Waals surface area contributed by atoms with Crippen molar-refractivity contribution in [2.75, 3.05) is 6.61 Å². The van der Waals surface area contributed by atoms with Crippen LogP contribution in [-0.2, 0) is 4.79 Å². The van der Waals surface area contributed by atoms with E-state index < -0.39 is 0 Å². The van der Waals surface area contributed by atoms with Gasteiger partial charge < -0.3 is 4.74 Å². The smallest absolute Gasteiger partial charge is 0.277 e. The molecule has 1 amide bonds. The Hall–Kier alpha value is -2.36. The monoisotopic (exact) mass is 284 g/mol. The number of hydrazone groups is 1. The minimum Gasteiger partial charge on any atom is -0.484 e. The largest absolute Gasteiger partial charge is 0.484 e. The van der Waals surface area contributed by atoms with Crippen LogP contribution < -0.4 is 10.2 Å². The Balaban J connectivity index is 1.92. The van der Waals surface area contributed by atoms with E-state index in [1.165, 1.54) is 0 Å². The zero-order valence-corrected chi connectivity index (χ0v) is 12.6. The second-order valence-corrected chi connectivity index (χ2v) is 5.24. The highest BCUT2D eigenvalue weighted by molar-refractivity contribution is 5.86. The highest BCUT2D eigenvalue weighted by atomic mass is 16.5. The van der Waals surface area contributed by atoms with Gasteiger partial charge in [-0.25, -0.2) is 5.43 Å². The van der Waals surface area contributed by atoms with E-state index in [-0.39, 0.29) is 12.5 Å². The molecule has 0 aliphatic rings. The second-order valence-electron chi connectivity index (χ2n) is 5.24. The lowest BCUT2D eigenvalue weighted by atomic mass is 10.1. The molecule has 0 aliphatic carbocycles. The Bertz CT molecular complexity index is 663. The molecule has 0 saturated heterocycles.